The summed E-state index contributed by atoms with van der Waals surface area (Å²) in [6, 6.07) is 16.0. The minimum absolute atomic E-state index is 0.238. The number of aryl methyl sites for hydroxylation is 1. The Hall–Kier alpha value is -2.81. The van der Waals surface area contributed by atoms with E-state index in [4.69, 9.17) is 0 Å². The summed E-state index contributed by atoms with van der Waals surface area (Å²) in [6.45, 7) is 4.38. The van der Waals surface area contributed by atoms with Gasteiger partial charge in [-0.1, -0.05) is 133 Å². The molecule has 3 heteroatoms. The van der Waals surface area contributed by atoms with Gasteiger partial charge in [0.25, 0.3) is 0 Å². The van der Waals surface area contributed by atoms with E-state index in [2.05, 4.69) is 19.9 Å². The molecule has 3 aromatic rings. The lowest BCUT2D eigenvalue weighted by Crippen LogP contribution is -2.23. The molecule has 0 heterocycles. The Bertz CT molecular complexity index is 1390. The molecule has 2 aliphatic rings. The molecule has 0 radical (unpaired) electrons. The van der Waals surface area contributed by atoms with Gasteiger partial charge in [0.2, 0.25) is 0 Å². The first-order valence-corrected chi connectivity index (χ1v) is 18.0. The average Bonchev–Trinajstić information content (AvgIpc) is 3.07. The number of benzene rings is 3. The molecule has 1 atom stereocenters. The zero-order valence-electron chi connectivity index (χ0n) is 27.7. The fourth-order valence-corrected chi connectivity index (χ4v) is 7.88. The van der Waals surface area contributed by atoms with Crippen molar-refractivity contribution in [2.24, 2.45) is 17.8 Å². The molecule has 0 bridgehead atoms. The number of halogens is 3. The van der Waals surface area contributed by atoms with Crippen LogP contribution in [-0.2, 0) is 6.42 Å². The molecular formula is C42H53F3. The van der Waals surface area contributed by atoms with Crippen molar-refractivity contribution < 1.29 is 13.2 Å². The van der Waals surface area contributed by atoms with E-state index in [1.807, 2.05) is 12.1 Å². The largest absolute Gasteiger partial charge is 0.206 e. The Morgan fingerprint density at radius 3 is 1.91 bits per heavy atom. The van der Waals surface area contributed by atoms with Crippen LogP contribution in [0, 0.1) is 35.2 Å². The third-order valence-corrected chi connectivity index (χ3v) is 10.8. The SMILES string of the molecule is CCCCCCCC1CCC(C2CC=C(c3ccc(-c4ccc(-c5ccc(CCCCC)c(F)c5F)cc4)c(F)c3)CC2)CC1. The molecule has 3 aromatic carbocycles. The van der Waals surface area contributed by atoms with Gasteiger partial charge in [0.15, 0.2) is 11.6 Å². The molecule has 0 spiro atoms. The Morgan fingerprint density at radius 2 is 1.24 bits per heavy atom. The summed E-state index contributed by atoms with van der Waals surface area (Å²) in [5.41, 5.74) is 4.76. The van der Waals surface area contributed by atoms with Gasteiger partial charge in [-0.3, -0.25) is 0 Å². The predicted molar refractivity (Wildman–Crippen MR) is 185 cm³/mol. The van der Waals surface area contributed by atoms with Crippen molar-refractivity contribution in [2.75, 3.05) is 0 Å². The molecule has 45 heavy (non-hydrogen) atoms. The minimum atomic E-state index is -0.809. The van der Waals surface area contributed by atoms with E-state index < -0.39 is 11.6 Å². The van der Waals surface area contributed by atoms with Crippen LogP contribution < -0.4 is 0 Å². The molecule has 1 fully saturated rings. The van der Waals surface area contributed by atoms with E-state index >= 15 is 4.39 Å². The summed E-state index contributed by atoms with van der Waals surface area (Å²) in [7, 11) is 0. The lowest BCUT2D eigenvalue weighted by molar-refractivity contribution is 0.187. The number of unbranched alkanes of at least 4 members (excludes halogenated alkanes) is 6. The highest BCUT2D eigenvalue weighted by Crippen LogP contribution is 2.42. The second kappa shape index (κ2) is 16.7. The lowest BCUT2D eigenvalue weighted by atomic mass is 9.70. The maximum atomic E-state index is 15.4. The number of rotatable bonds is 14. The monoisotopic (exact) mass is 614 g/mol. The Balaban J connectivity index is 1.16. The maximum absolute atomic E-state index is 15.4. The van der Waals surface area contributed by atoms with Crippen molar-refractivity contribution in [1.29, 1.82) is 0 Å². The summed E-state index contributed by atoms with van der Waals surface area (Å²) in [6.07, 6.45) is 23.1. The molecule has 0 aromatic heterocycles. The molecule has 0 amide bonds. The zero-order chi connectivity index (χ0) is 31.6. The number of hydrogen-bond donors (Lipinski definition) is 0. The molecule has 0 N–H and O–H groups in total. The molecular weight excluding hydrogens is 561 g/mol. The van der Waals surface area contributed by atoms with Gasteiger partial charge in [0.1, 0.15) is 5.82 Å². The molecule has 1 saturated carbocycles. The predicted octanol–water partition coefficient (Wildman–Crippen LogP) is 13.5. The van der Waals surface area contributed by atoms with E-state index in [1.54, 1.807) is 42.5 Å². The van der Waals surface area contributed by atoms with E-state index in [-0.39, 0.29) is 11.4 Å². The first-order valence-electron chi connectivity index (χ1n) is 18.0. The van der Waals surface area contributed by atoms with Gasteiger partial charge in [-0.25, -0.2) is 13.2 Å². The van der Waals surface area contributed by atoms with Gasteiger partial charge in [0.05, 0.1) is 0 Å². The minimum Gasteiger partial charge on any atom is -0.206 e. The Kier molecular flexibility index (Phi) is 12.4. The molecule has 5 rings (SSSR count). The van der Waals surface area contributed by atoms with Crippen LogP contribution in [0.4, 0.5) is 13.2 Å². The topological polar surface area (TPSA) is 0 Å². The van der Waals surface area contributed by atoms with Crippen LogP contribution in [0.2, 0.25) is 0 Å². The van der Waals surface area contributed by atoms with Crippen molar-refractivity contribution in [3.63, 3.8) is 0 Å². The number of allylic oxidation sites excluding steroid dienone is 2. The average molecular weight is 615 g/mol. The Labute approximate surface area is 270 Å². The van der Waals surface area contributed by atoms with Gasteiger partial charge in [-0.15, -0.1) is 0 Å². The van der Waals surface area contributed by atoms with Crippen molar-refractivity contribution in [1.82, 2.24) is 0 Å². The van der Waals surface area contributed by atoms with Crippen LogP contribution in [0.25, 0.3) is 27.8 Å². The molecule has 242 valence electrons. The first kappa shape index (κ1) is 33.6. The van der Waals surface area contributed by atoms with Crippen molar-refractivity contribution in [3.8, 4) is 22.3 Å². The van der Waals surface area contributed by atoms with E-state index in [0.29, 0.717) is 23.1 Å². The molecule has 0 nitrogen and oxygen atoms in total. The van der Waals surface area contributed by atoms with E-state index in [1.165, 1.54) is 76.2 Å². The maximum Gasteiger partial charge on any atom is 0.166 e. The Morgan fingerprint density at radius 1 is 0.600 bits per heavy atom. The van der Waals surface area contributed by atoms with Gasteiger partial charge < -0.3 is 0 Å². The summed E-state index contributed by atoms with van der Waals surface area (Å²) in [5, 5.41) is 0. The van der Waals surface area contributed by atoms with Gasteiger partial charge in [0, 0.05) is 11.1 Å². The van der Waals surface area contributed by atoms with Crippen LogP contribution in [-0.4, -0.2) is 0 Å². The highest BCUT2D eigenvalue weighted by Gasteiger charge is 2.29. The molecule has 1 unspecified atom stereocenters. The van der Waals surface area contributed by atoms with Crippen molar-refractivity contribution >= 4 is 5.57 Å². The van der Waals surface area contributed by atoms with Crippen LogP contribution in [0.3, 0.4) is 0 Å². The fourth-order valence-electron chi connectivity index (χ4n) is 7.88. The quantitative estimate of drug-likeness (QED) is 0.158. The molecule has 0 saturated heterocycles. The van der Waals surface area contributed by atoms with Gasteiger partial charge in [-0.2, -0.15) is 0 Å². The van der Waals surface area contributed by atoms with Crippen molar-refractivity contribution in [2.45, 2.75) is 123 Å². The lowest BCUT2D eigenvalue weighted by Gasteiger charge is -2.35. The number of hydrogen-bond acceptors (Lipinski definition) is 0. The summed E-state index contributed by atoms with van der Waals surface area (Å²) >= 11 is 0. The summed E-state index contributed by atoms with van der Waals surface area (Å²) in [4.78, 5) is 0. The van der Waals surface area contributed by atoms with Crippen LogP contribution >= 0.6 is 0 Å². The molecule has 0 aliphatic heterocycles. The zero-order valence-corrected chi connectivity index (χ0v) is 27.7. The van der Waals surface area contributed by atoms with E-state index in [0.717, 1.165) is 61.0 Å². The highest BCUT2D eigenvalue weighted by atomic mass is 19.2. The first-order chi connectivity index (χ1) is 22.0. The second-order valence-electron chi connectivity index (χ2n) is 13.9. The summed E-state index contributed by atoms with van der Waals surface area (Å²) in [5.74, 6) is 0.771. The van der Waals surface area contributed by atoms with Crippen LogP contribution in [0.5, 0.6) is 0 Å². The highest BCUT2D eigenvalue weighted by molar-refractivity contribution is 5.74. The fraction of sp³-hybridized carbons (Fsp3) is 0.524. The van der Waals surface area contributed by atoms with Crippen LogP contribution in [0.15, 0.2) is 60.7 Å². The van der Waals surface area contributed by atoms with Gasteiger partial charge in [-0.05, 0) is 96.6 Å². The third-order valence-electron chi connectivity index (χ3n) is 10.8. The normalized spacial score (nSPS) is 20.3. The smallest absolute Gasteiger partial charge is 0.166 e. The summed E-state index contributed by atoms with van der Waals surface area (Å²) < 4.78 is 45.1. The van der Waals surface area contributed by atoms with E-state index in [9.17, 15) is 8.78 Å². The second-order valence-corrected chi connectivity index (χ2v) is 13.9. The third kappa shape index (κ3) is 8.72. The van der Waals surface area contributed by atoms with Gasteiger partial charge >= 0.3 is 0 Å². The standard InChI is InChI=1S/C42H53F3/c1-3-5-7-8-10-11-30-13-15-31(16-14-30)32-17-19-33(20-18-32)37-26-27-38(40(43)29-37)34-21-23-35(24-22-34)39-28-25-36(12-9-6-4-2)41(44)42(39)45/h19,21-32H,3-18,20H2,1-2H3. The van der Waals surface area contributed by atoms with Crippen LogP contribution in [0.1, 0.15) is 128 Å². The molecule has 2 aliphatic carbocycles. The van der Waals surface area contributed by atoms with Crippen molar-refractivity contribution in [3.05, 3.63) is 89.3 Å².